The van der Waals surface area contributed by atoms with Crippen molar-refractivity contribution in [3.8, 4) is 12.3 Å². The lowest BCUT2D eigenvalue weighted by atomic mass is 10.2. The van der Waals surface area contributed by atoms with Crippen LogP contribution < -0.4 is 5.32 Å². The summed E-state index contributed by atoms with van der Waals surface area (Å²) in [6.07, 6.45) is 5.08. The Morgan fingerprint density at radius 1 is 1.59 bits per heavy atom. The second-order valence-electron chi connectivity index (χ2n) is 3.69. The van der Waals surface area contributed by atoms with E-state index in [1.54, 1.807) is 18.0 Å². The first-order chi connectivity index (χ1) is 8.13. The standard InChI is InChI=1S/C13H15ClN2O/c1-3-7-15-9-13(17)16(2)10-11-5-4-6-12(14)8-11/h1,4-6,8,15H,7,9-10H2,2H3. The van der Waals surface area contributed by atoms with Gasteiger partial charge in [-0.1, -0.05) is 29.7 Å². The number of nitrogens with zero attached hydrogens (tertiary/aromatic N) is 1. The van der Waals surface area contributed by atoms with E-state index in [0.717, 1.165) is 5.56 Å². The molecule has 3 nitrogen and oxygen atoms in total. The third kappa shape index (κ3) is 4.90. The summed E-state index contributed by atoms with van der Waals surface area (Å²) in [6.45, 7) is 1.19. The number of nitrogens with one attached hydrogen (secondary N) is 1. The Labute approximate surface area is 107 Å². The Kier molecular flexibility index (Phi) is 5.55. The Morgan fingerprint density at radius 3 is 3.00 bits per heavy atom. The topological polar surface area (TPSA) is 32.3 Å². The average molecular weight is 251 g/mol. The van der Waals surface area contributed by atoms with Gasteiger partial charge in [0.05, 0.1) is 13.1 Å². The van der Waals surface area contributed by atoms with Crippen molar-refractivity contribution in [2.45, 2.75) is 6.54 Å². The number of hydrogen-bond acceptors (Lipinski definition) is 2. The molecule has 0 aliphatic rings. The molecule has 0 bridgehead atoms. The van der Waals surface area contributed by atoms with Crippen LogP contribution in [0.25, 0.3) is 0 Å². The molecule has 0 heterocycles. The molecule has 0 spiro atoms. The predicted molar refractivity (Wildman–Crippen MR) is 69.6 cm³/mol. The van der Waals surface area contributed by atoms with Crippen LogP contribution in [0.3, 0.4) is 0 Å². The van der Waals surface area contributed by atoms with Crippen LogP contribution in [0.5, 0.6) is 0 Å². The Balaban J connectivity index is 2.46. The molecular formula is C13H15ClN2O. The lowest BCUT2D eigenvalue weighted by Gasteiger charge is -2.17. The smallest absolute Gasteiger partial charge is 0.236 e. The summed E-state index contributed by atoms with van der Waals surface area (Å²) in [7, 11) is 1.75. The molecule has 0 aliphatic carbocycles. The minimum atomic E-state index is 0.000209. The molecule has 0 radical (unpaired) electrons. The van der Waals surface area contributed by atoms with E-state index in [-0.39, 0.29) is 12.5 Å². The lowest BCUT2D eigenvalue weighted by Crippen LogP contribution is -2.35. The van der Waals surface area contributed by atoms with Gasteiger partial charge >= 0.3 is 0 Å². The van der Waals surface area contributed by atoms with Crippen LogP contribution in [0.4, 0.5) is 0 Å². The number of carbonyl (C=O) groups is 1. The minimum Gasteiger partial charge on any atom is -0.340 e. The zero-order valence-corrected chi connectivity index (χ0v) is 10.5. The van der Waals surface area contributed by atoms with Gasteiger partial charge < -0.3 is 4.90 Å². The number of halogens is 1. The van der Waals surface area contributed by atoms with Gasteiger partial charge in [-0.05, 0) is 17.7 Å². The van der Waals surface area contributed by atoms with Gasteiger partial charge in [-0.15, -0.1) is 6.42 Å². The number of likely N-dealkylation sites (N-methyl/N-ethyl adjacent to an activating group) is 1. The van der Waals surface area contributed by atoms with Crippen LogP contribution in [0.15, 0.2) is 24.3 Å². The Bertz CT molecular complexity index is 426. The lowest BCUT2D eigenvalue weighted by molar-refractivity contribution is -0.129. The molecule has 0 unspecified atom stereocenters. The summed E-state index contributed by atoms with van der Waals surface area (Å²) in [5, 5.41) is 3.53. The number of carbonyl (C=O) groups excluding carboxylic acids is 1. The van der Waals surface area contributed by atoms with Gasteiger partial charge in [0.15, 0.2) is 0 Å². The molecular weight excluding hydrogens is 236 g/mol. The number of amides is 1. The summed E-state index contributed by atoms with van der Waals surface area (Å²) >= 11 is 5.87. The molecule has 0 atom stereocenters. The van der Waals surface area contributed by atoms with Gasteiger partial charge in [-0.2, -0.15) is 0 Å². The van der Waals surface area contributed by atoms with Gasteiger partial charge in [0.2, 0.25) is 5.91 Å². The molecule has 4 heteroatoms. The fourth-order valence-electron chi connectivity index (χ4n) is 1.37. The van der Waals surface area contributed by atoms with Crippen molar-refractivity contribution in [2.24, 2.45) is 0 Å². The van der Waals surface area contributed by atoms with E-state index in [9.17, 15) is 4.79 Å². The van der Waals surface area contributed by atoms with Crippen LogP contribution in [0.2, 0.25) is 5.02 Å². The molecule has 1 rings (SSSR count). The largest absolute Gasteiger partial charge is 0.340 e. The highest BCUT2D eigenvalue weighted by Gasteiger charge is 2.08. The summed E-state index contributed by atoms with van der Waals surface area (Å²) in [5.41, 5.74) is 1.00. The monoisotopic (exact) mass is 250 g/mol. The van der Waals surface area contributed by atoms with Gasteiger partial charge in [-0.3, -0.25) is 10.1 Å². The van der Waals surface area contributed by atoms with E-state index < -0.39 is 0 Å². The van der Waals surface area contributed by atoms with Crippen LogP contribution in [0, 0.1) is 12.3 Å². The predicted octanol–water partition coefficient (Wildman–Crippen LogP) is 1.52. The second kappa shape index (κ2) is 6.95. The zero-order chi connectivity index (χ0) is 12.7. The van der Waals surface area contributed by atoms with Crippen LogP contribution in [-0.4, -0.2) is 30.9 Å². The first kappa shape index (κ1) is 13.6. The van der Waals surface area contributed by atoms with Crippen LogP contribution >= 0.6 is 11.6 Å². The van der Waals surface area contributed by atoms with E-state index in [2.05, 4.69) is 11.2 Å². The SMILES string of the molecule is C#CCNCC(=O)N(C)Cc1cccc(Cl)c1. The molecule has 0 fully saturated rings. The summed E-state index contributed by atoms with van der Waals surface area (Å²) < 4.78 is 0. The first-order valence-corrected chi connectivity index (χ1v) is 5.64. The highest BCUT2D eigenvalue weighted by molar-refractivity contribution is 6.30. The van der Waals surface area contributed by atoms with Crippen molar-refractivity contribution < 1.29 is 4.79 Å². The molecule has 0 aliphatic heterocycles. The zero-order valence-electron chi connectivity index (χ0n) is 9.74. The van der Waals surface area contributed by atoms with E-state index in [1.807, 2.05) is 18.2 Å². The molecule has 1 N–H and O–H groups in total. The van der Waals surface area contributed by atoms with Gasteiger partial charge in [0.1, 0.15) is 0 Å². The fourth-order valence-corrected chi connectivity index (χ4v) is 1.59. The van der Waals surface area contributed by atoms with Gasteiger partial charge in [0.25, 0.3) is 0 Å². The number of rotatable bonds is 5. The van der Waals surface area contributed by atoms with E-state index in [1.165, 1.54) is 0 Å². The van der Waals surface area contributed by atoms with Crippen LogP contribution in [-0.2, 0) is 11.3 Å². The van der Waals surface area contributed by atoms with Crippen molar-refractivity contribution in [3.63, 3.8) is 0 Å². The van der Waals surface area contributed by atoms with Crippen LogP contribution in [0.1, 0.15) is 5.56 Å². The molecule has 1 aromatic carbocycles. The highest BCUT2D eigenvalue weighted by Crippen LogP contribution is 2.11. The van der Waals surface area contributed by atoms with Crippen molar-refractivity contribution in [1.82, 2.24) is 10.2 Å². The molecule has 90 valence electrons. The maximum atomic E-state index is 11.7. The van der Waals surface area contributed by atoms with Gasteiger partial charge in [0, 0.05) is 18.6 Å². The molecule has 0 aromatic heterocycles. The molecule has 0 saturated carbocycles. The Morgan fingerprint density at radius 2 is 2.35 bits per heavy atom. The van der Waals surface area contributed by atoms with Crippen molar-refractivity contribution in [2.75, 3.05) is 20.1 Å². The summed E-state index contributed by atoms with van der Waals surface area (Å²) in [6, 6.07) is 7.46. The molecule has 0 saturated heterocycles. The van der Waals surface area contributed by atoms with Crippen molar-refractivity contribution >= 4 is 17.5 Å². The molecule has 1 amide bonds. The van der Waals surface area contributed by atoms with Crippen molar-refractivity contribution in [1.29, 1.82) is 0 Å². The van der Waals surface area contributed by atoms with Crippen molar-refractivity contribution in [3.05, 3.63) is 34.9 Å². The van der Waals surface area contributed by atoms with E-state index >= 15 is 0 Å². The third-order valence-corrected chi connectivity index (χ3v) is 2.47. The average Bonchev–Trinajstić information content (AvgIpc) is 2.29. The molecule has 17 heavy (non-hydrogen) atoms. The quantitative estimate of drug-likeness (QED) is 0.635. The number of benzene rings is 1. The maximum Gasteiger partial charge on any atom is 0.236 e. The fraction of sp³-hybridized carbons (Fsp3) is 0.308. The third-order valence-electron chi connectivity index (χ3n) is 2.24. The van der Waals surface area contributed by atoms with Gasteiger partial charge in [-0.25, -0.2) is 0 Å². The first-order valence-electron chi connectivity index (χ1n) is 5.26. The summed E-state index contributed by atoms with van der Waals surface area (Å²) in [5.74, 6) is 2.42. The normalized spacial score (nSPS) is 9.71. The minimum absolute atomic E-state index is 0.000209. The summed E-state index contributed by atoms with van der Waals surface area (Å²) in [4.78, 5) is 13.3. The highest BCUT2D eigenvalue weighted by atomic mass is 35.5. The second-order valence-corrected chi connectivity index (χ2v) is 4.12. The number of hydrogen-bond donors (Lipinski definition) is 1. The van der Waals surface area contributed by atoms with E-state index in [0.29, 0.717) is 18.1 Å². The molecule has 1 aromatic rings. The maximum absolute atomic E-state index is 11.7. The Hall–Kier alpha value is -1.50. The van der Waals surface area contributed by atoms with E-state index in [4.69, 9.17) is 18.0 Å². The number of terminal acetylenes is 1.